The summed E-state index contributed by atoms with van der Waals surface area (Å²) in [6.45, 7) is 6.07. The fraction of sp³-hybridized carbons (Fsp3) is 0.667. The molecule has 2 N–H and O–H groups in total. The van der Waals surface area contributed by atoms with Crippen LogP contribution in [0.3, 0.4) is 0 Å². The molecule has 6 nitrogen and oxygen atoms in total. The summed E-state index contributed by atoms with van der Waals surface area (Å²) in [5.74, 6) is 0.325. The maximum atomic E-state index is 11.5. The first-order valence-corrected chi connectivity index (χ1v) is 7.25. The second kappa shape index (κ2) is 5.76. The SMILES string of the molecule is CC(C)(C)OC(=O)NCCCC1CC1(C#N)c1c[nH]cn1. The normalized spacial score (nSPS) is 24.2. The Morgan fingerprint density at radius 1 is 1.67 bits per heavy atom. The summed E-state index contributed by atoms with van der Waals surface area (Å²) in [5, 5.41) is 12.1. The largest absolute Gasteiger partial charge is 0.444 e. The van der Waals surface area contributed by atoms with E-state index in [2.05, 4.69) is 21.4 Å². The quantitative estimate of drug-likeness (QED) is 0.815. The van der Waals surface area contributed by atoms with Crippen LogP contribution < -0.4 is 5.32 Å². The molecule has 1 fully saturated rings. The standard InChI is InChI=1S/C15H22N4O2/c1-14(2,3)21-13(20)18-6-4-5-11-7-15(11,9-16)12-8-17-10-19-12/h8,10-11H,4-7H2,1-3H3,(H,17,19)(H,18,20). The number of aromatic amines is 1. The topological polar surface area (TPSA) is 90.8 Å². The van der Waals surface area contributed by atoms with Crippen LogP contribution in [0.25, 0.3) is 0 Å². The molecule has 0 aromatic carbocycles. The van der Waals surface area contributed by atoms with E-state index in [1.165, 1.54) is 0 Å². The van der Waals surface area contributed by atoms with Crippen LogP contribution in [0, 0.1) is 17.2 Å². The Balaban J connectivity index is 1.70. The molecule has 1 aromatic heterocycles. The number of carbonyl (C=O) groups is 1. The number of rotatable bonds is 5. The van der Waals surface area contributed by atoms with Gasteiger partial charge in [0.25, 0.3) is 0 Å². The number of nitrogens with zero attached hydrogens (tertiary/aromatic N) is 2. The molecule has 1 aliphatic rings. The predicted octanol–water partition coefficient (Wildman–Crippen LogP) is 2.50. The van der Waals surface area contributed by atoms with E-state index in [0.29, 0.717) is 12.5 Å². The molecule has 0 bridgehead atoms. The van der Waals surface area contributed by atoms with Crippen LogP contribution in [-0.2, 0) is 10.2 Å². The number of nitrogens with one attached hydrogen (secondary N) is 2. The molecule has 1 heterocycles. The lowest BCUT2D eigenvalue weighted by molar-refractivity contribution is 0.0527. The average molecular weight is 290 g/mol. The number of hydrogen-bond donors (Lipinski definition) is 2. The Hall–Kier alpha value is -2.03. The van der Waals surface area contributed by atoms with Gasteiger partial charge in [-0.15, -0.1) is 0 Å². The van der Waals surface area contributed by atoms with Crippen molar-refractivity contribution in [3.05, 3.63) is 18.2 Å². The highest BCUT2D eigenvalue weighted by atomic mass is 16.6. The number of carbonyl (C=O) groups excluding carboxylic acids is 1. The molecule has 6 heteroatoms. The molecule has 21 heavy (non-hydrogen) atoms. The van der Waals surface area contributed by atoms with E-state index in [9.17, 15) is 10.1 Å². The fourth-order valence-electron chi connectivity index (χ4n) is 2.54. The lowest BCUT2D eigenvalue weighted by atomic mass is 9.99. The average Bonchev–Trinajstić information content (AvgIpc) is 2.83. The number of nitriles is 1. The van der Waals surface area contributed by atoms with E-state index in [1.54, 1.807) is 12.5 Å². The molecule has 2 rings (SSSR count). The number of H-pyrrole nitrogens is 1. The van der Waals surface area contributed by atoms with E-state index in [0.717, 1.165) is 25.0 Å². The van der Waals surface area contributed by atoms with Gasteiger partial charge < -0.3 is 15.0 Å². The molecule has 1 aromatic rings. The summed E-state index contributed by atoms with van der Waals surface area (Å²) in [4.78, 5) is 18.6. The molecule has 1 saturated carbocycles. The van der Waals surface area contributed by atoms with Crippen LogP contribution in [0.15, 0.2) is 12.5 Å². The summed E-state index contributed by atoms with van der Waals surface area (Å²) < 4.78 is 5.16. The minimum Gasteiger partial charge on any atom is -0.444 e. The molecule has 1 amide bonds. The lowest BCUT2D eigenvalue weighted by Crippen LogP contribution is -2.33. The molecule has 0 spiro atoms. The van der Waals surface area contributed by atoms with Gasteiger partial charge in [-0.25, -0.2) is 9.78 Å². The summed E-state index contributed by atoms with van der Waals surface area (Å²) in [7, 11) is 0. The zero-order chi connectivity index (χ0) is 15.5. The van der Waals surface area contributed by atoms with Gasteiger partial charge >= 0.3 is 6.09 Å². The fourth-order valence-corrected chi connectivity index (χ4v) is 2.54. The van der Waals surface area contributed by atoms with Crippen molar-refractivity contribution in [1.29, 1.82) is 5.26 Å². The maximum Gasteiger partial charge on any atom is 0.407 e. The van der Waals surface area contributed by atoms with Crippen molar-refractivity contribution in [3.63, 3.8) is 0 Å². The Kier molecular flexibility index (Phi) is 4.21. The first-order valence-electron chi connectivity index (χ1n) is 7.25. The molecule has 1 aliphatic carbocycles. The van der Waals surface area contributed by atoms with Gasteiger partial charge in [-0.05, 0) is 46.0 Å². The first-order chi connectivity index (χ1) is 9.87. The van der Waals surface area contributed by atoms with Gasteiger partial charge in [0.15, 0.2) is 0 Å². The summed E-state index contributed by atoms with van der Waals surface area (Å²) in [5.41, 5.74) is -0.0716. The van der Waals surface area contributed by atoms with Gasteiger partial charge in [0.2, 0.25) is 0 Å². The Morgan fingerprint density at radius 3 is 3.00 bits per heavy atom. The molecule has 2 atom stereocenters. The Labute approximate surface area is 124 Å². The Bertz CT molecular complexity index is 527. The molecular weight excluding hydrogens is 268 g/mol. The molecule has 114 valence electrons. The number of alkyl carbamates (subject to hydrolysis) is 1. The monoisotopic (exact) mass is 290 g/mol. The summed E-state index contributed by atoms with van der Waals surface area (Å²) >= 11 is 0. The highest BCUT2D eigenvalue weighted by Crippen LogP contribution is 2.55. The minimum absolute atomic E-state index is 0.325. The van der Waals surface area contributed by atoms with E-state index >= 15 is 0 Å². The second-order valence-electron chi connectivity index (χ2n) is 6.51. The molecule has 2 unspecified atom stereocenters. The van der Waals surface area contributed by atoms with Gasteiger partial charge in [0, 0.05) is 12.7 Å². The van der Waals surface area contributed by atoms with Crippen molar-refractivity contribution in [3.8, 4) is 6.07 Å². The molecule has 0 aliphatic heterocycles. The van der Waals surface area contributed by atoms with Crippen molar-refractivity contribution in [2.45, 2.75) is 51.0 Å². The van der Waals surface area contributed by atoms with Crippen LogP contribution in [-0.4, -0.2) is 28.2 Å². The van der Waals surface area contributed by atoms with Crippen molar-refractivity contribution < 1.29 is 9.53 Å². The highest BCUT2D eigenvalue weighted by Gasteiger charge is 2.56. The van der Waals surface area contributed by atoms with Gasteiger partial charge in [0.1, 0.15) is 11.0 Å². The molecule has 0 radical (unpaired) electrons. The molecular formula is C15H22N4O2. The summed E-state index contributed by atoms with van der Waals surface area (Å²) in [6.07, 6.45) is 5.59. The maximum absolute atomic E-state index is 11.5. The molecule has 0 saturated heterocycles. The summed E-state index contributed by atoms with van der Waals surface area (Å²) in [6, 6.07) is 2.39. The van der Waals surface area contributed by atoms with Crippen molar-refractivity contribution in [2.24, 2.45) is 5.92 Å². The number of amides is 1. The van der Waals surface area contributed by atoms with Crippen LogP contribution in [0.2, 0.25) is 0 Å². The van der Waals surface area contributed by atoms with Gasteiger partial charge in [-0.1, -0.05) is 0 Å². The predicted molar refractivity (Wildman–Crippen MR) is 77.5 cm³/mol. The van der Waals surface area contributed by atoms with E-state index in [-0.39, 0.29) is 0 Å². The third-order valence-corrected chi connectivity index (χ3v) is 3.66. The van der Waals surface area contributed by atoms with Crippen molar-refractivity contribution in [1.82, 2.24) is 15.3 Å². The van der Waals surface area contributed by atoms with Gasteiger partial charge in [-0.2, -0.15) is 5.26 Å². The van der Waals surface area contributed by atoms with Crippen LogP contribution in [0.4, 0.5) is 4.79 Å². The smallest absolute Gasteiger partial charge is 0.407 e. The Morgan fingerprint density at radius 2 is 2.43 bits per heavy atom. The van der Waals surface area contributed by atoms with Gasteiger partial charge in [0.05, 0.1) is 18.1 Å². The number of aromatic nitrogens is 2. The number of hydrogen-bond acceptors (Lipinski definition) is 4. The number of imidazole rings is 1. The van der Waals surface area contributed by atoms with Gasteiger partial charge in [-0.3, -0.25) is 0 Å². The third kappa shape index (κ3) is 3.75. The minimum atomic E-state index is -0.476. The van der Waals surface area contributed by atoms with Crippen LogP contribution >= 0.6 is 0 Å². The second-order valence-corrected chi connectivity index (χ2v) is 6.51. The highest BCUT2D eigenvalue weighted by molar-refractivity contribution is 5.67. The van der Waals surface area contributed by atoms with Crippen LogP contribution in [0.1, 0.15) is 45.7 Å². The lowest BCUT2D eigenvalue weighted by Gasteiger charge is -2.19. The van der Waals surface area contributed by atoms with E-state index < -0.39 is 17.1 Å². The zero-order valence-corrected chi connectivity index (χ0v) is 12.8. The van der Waals surface area contributed by atoms with Crippen molar-refractivity contribution >= 4 is 6.09 Å². The number of ether oxygens (including phenoxy) is 1. The first kappa shape index (κ1) is 15.4. The van der Waals surface area contributed by atoms with Crippen LogP contribution in [0.5, 0.6) is 0 Å². The zero-order valence-electron chi connectivity index (χ0n) is 12.8. The van der Waals surface area contributed by atoms with E-state index in [4.69, 9.17) is 4.74 Å². The third-order valence-electron chi connectivity index (χ3n) is 3.66. The van der Waals surface area contributed by atoms with E-state index in [1.807, 2.05) is 20.8 Å². The van der Waals surface area contributed by atoms with Crippen molar-refractivity contribution in [2.75, 3.05) is 6.54 Å².